The van der Waals surface area contributed by atoms with E-state index in [9.17, 15) is 9.59 Å². The van der Waals surface area contributed by atoms with Gasteiger partial charge >= 0.3 is 6.03 Å². The predicted octanol–water partition coefficient (Wildman–Crippen LogP) is 3.19. The zero-order valence-corrected chi connectivity index (χ0v) is 15.5. The van der Waals surface area contributed by atoms with E-state index in [2.05, 4.69) is 10.6 Å². The number of benzene rings is 2. The van der Waals surface area contributed by atoms with Gasteiger partial charge in [0.1, 0.15) is 5.75 Å². The third-order valence-electron chi connectivity index (χ3n) is 4.53. The number of hydrogen-bond acceptors (Lipinski definition) is 3. The number of para-hydroxylation sites is 1. The maximum atomic E-state index is 12.3. The van der Waals surface area contributed by atoms with Crippen LogP contribution < -0.4 is 15.4 Å². The van der Waals surface area contributed by atoms with Crippen molar-refractivity contribution in [2.75, 3.05) is 25.0 Å². The summed E-state index contributed by atoms with van der Waals surface area (Å²) in [6, 6.07) is 17.0. The molecule has 2 aromatic rings. The van der Waals surface area contributed by atoms with Crippen molar-refractivity contribution in [1.82, 2.24) is 10.2 Å². The first-order chi connectivity index (χ1) is 13.1. The Hall–Kier alpha value is -3.02. The molecular formula is C21H25N3O3. The van der Waals surface area contributed by atoms with Gasteiger partial charge in [0.05, 0.1) is 0 Å². The summed E-state index contributed by atoms with van der Waals surface area (Å²) in [6.07, 6.45) is 1.47. The van der Waals surface area contributed by atoms with Crippen molar-refractivity contribution in [1.29, 1.82) is 0 Å². The molecule has 0 bridgehead atoms. The van der Waals surface area contributed by atoms with Crippen LogP contribution in [0.5, 0.6) is 5.75 Å². The van der Waals surface area contributed by atoms with Crippen LogP contribution in [0.15, 0.2) is 54.6 Å². The highest BCUT2D eigenvalue weighted by molar-refractivity contribution is 5.89. The molecule has 142 valence electrons. The molecule has 1 aliphatic heterocycles. The van der Waals surface area contributed by atoms with E-state index in [1.165, 1.54) is 0 Å². The molecule has 0 radical (unpaired) electrons. The molecule has 6 heteroatoms. The van der Waals surface area contributed by atoms with Gasteiger partial charge in [-0.25, -0.2) is 4.79 Å². The third-order valence-corrected chi connectivity index (χ3v) is 4.53. The SMILES string of the molecule is Cc1cccc(OCC(=O)NC2CCN(C(=O)Nc3ccccc3)CC2)c1. The predicted molar refractivity (Wildman–Crippen MR) is 105 cm³/mol. The van der Waals surface area contributed by atoms with Crippen molar-refractivity contribution >= 4 is 17.6 Å². The molecule has 0 aromatic heterocycles. The molecule has 2 N–H and O–H groups in total. The van der Waals surface area contributed by atoms with Gasteiger partial charge in [-0.1, -0.05) is 30.3 Å². The molecule has 27 heavy (non-hydrogen) atoms. The minimum Gasteiger partial charge on any atom is -0.484 e. The minimum absolute atomic E-state index is 0.00182. The Balaban J connectivity index is 1.38. The Morgan fingerprint density at radius 2 is 1.81 bits per heavy atom. The number of nitrogens with zero attached hydrogens (tertiary/aromatic N) is 1. The number of urea groups is 1. The number of nitrogens with one attached hydrogen (secondary N) is 2. The summed E-state index contributed by atoms with van der Waals surface area (Å²) >= 11 is 0. The number of piperidine rings is 1. The van der Waals surface area contributed by atoms with Crippen LogP contribution in [0.2, 0.25) is 0 Å². The number of anilines is 1. The van der Waals surface area contributed by atoms with Gasteiger partial charge < -0.3 is 20.3 Å². The topological polar surface area (TPSA) is 70.7 Å². The van der Waals surface area contributed by atoms with Crippen molar-refractivity contribution in [2.45, 2.75) is 25.8 Å². The van der Waals surface area contributed by atoms with Gasteiger partial charge in [0.2, 0.25) is 0 Å². The highest BCUT2D eigenvalue weighted by Gasteiger charge is 2.24. The Morgan fingerprint density at radius 3 is 2.52 bits per heavy atom. The van der Waals surface area contributed by atoms with Gasteiger partial charge in [0.25, 0.3) is 5.91 Å². The summed E-state index contributed by atoms with van der Waals surface area (Å²) in [4.78, 5) is 26.2. The van der Waals surface area contributed by atoms with E-state index in [1.54, 1.807) is 4.90 Å². The minimum atomic E-state index is -0.135. The second kappa shape index (κ2) is 9.07. The number of aryl methyl sites for hydroxylation is 1. The lowest BCUT2D eigenvalue weighted by Gasteiger charge is -2.32. The van der Waals surface area contributed by atoms with E-state index in [-0.39, 0.29) is 24.6 Å². The summed E-state index contributed by atoms with van der Waals surface area (Å²) in [5.41, 5.74) is 1.88. The van der Waals surface area contributed by atoms with E-state index in [0.29, 0.717) is 18.8 Å². The van der Waals surface area contributed by atoms with Gasteiger partial charge in [-0.05, 0) is 49.6 Å². The van der Waals surface area contributed by atoms with Crippen LogP contribution in [-0.4, -0.2) is 42.6 Å². The fourth-order valence-corrected chi connectivity index (χ4v) is 3.07. The van der Waals surface area contributed by atoms with Crippen LogP contribution >= 0.6 is 0 Å². The largest absolute Gasteiger partial charge is 0.484 e. The second-order valence-corrected chi connectivity index (χ2v) is 6.73. The maximum Gasteiger partial charge on any atom is 0.321 e. The zero-order valence-electron chi connectivity index (χ0n) is 15.5. The monoisotopic (exact) mass is 367 g/mol. The maximum absolute atomic E-state index is 12.3. The molecule has 1 aliphatic rings. The Labute approximate surface area is 159 Å². The van der Waals surface area contributed by atoms with Gasteiger partial charge in [0.15, 0.2) is 6.61 Å². The summed E-state index contributed by atoms with van der Waals surface area (Å²) < 4.78 is 5.53. The summed E-state index contributed by atoms with van der Waals surface area (Å²) in [7, 11) is 0. The number of carbonyl (C=O) groups is 2. The van der Waals surface area contributed by atoms with E-state index in [4.69, 9.17) is 4.74 Å². The molecule has 6 nitrogen and oxygen atoms in total. The molecule has 2 aromatic carbocycles. The zero-order chi connectivity index (χ0) is 19.1. The second-order valence-electron chi connectivity index (χ2n) is 6.73. The Morgan fingerprint density at radius 1 is 1.07 bits per heavy atom. The summed E-state index contributed by atoms with van der Waals surface area (Å²) in [6.45, 7) is 3.21. The quantitative estimate of drug-likeness (QED) is 0.853. The highest BCUT2D eigenvalue weighted by atomic mass is 16.5. The molecule has 1 saturated heterocycles. The van der Waals surface area contributed by atoms with Crippen molar-refractivity contribution in [3.05, 3.63) is 60.2 Å². The molecule has 0 unspecified atom stereocenters. The normalized spacial score (nSPS) is 14.5. The first-order valence-corrected chi connectivity index (χ1v) is 9.20. The van der Waals surface area contributed by atoms with E-state index >= 15 is 0 Å². The summed E-state index contributed by atoms with van der Waals surface area (Å²) in [5, 5.41) is 5.88. The van der Waals surface area contributed by atoms with Crippen molar-refractivity contribution in [2.24, 2.45) is 0 Å². The van der Waals surface area contributed by atoms with Gasteiger partial charge in [-0.3, -0.25) is 4.79 Å². The molecule has 1 heterocycles. The lowest BCUT2D eigenvalue weighted by Crippen LogP contribution is -2.48. The Bertz CT molecular complexity index is 771. The van der Waals surface area contributed by atoms with Crippen LogP contribution in [0.4, 0.5) is 10.5 Å². The number of likely N-dealkylation sites (tertiary alicyclic amines) is 1. The molecule has 3 rings (SSSR count). The average molecular weight is 367 g/mol. The van der Waals surface area contributed by atoms with Gasteiger partial charge in [-0.15, -0.1) is 0 Å². The van der Waals surface area contributed by atoms with Gasteiger partial charge in [-0.2, -0.15) is 0 Å². The lowest BCUT2D eigenvalue weighted by molar-refractivity contribution is -0.124. The fraction of sp³-hybridized carbons (Fsp3) is 0.333. The summed E-state index contributed by atoms with van der Waals surface area (Å²) in [5.74, 6) is 0.557. The first-order valence-electron chi connectivity index (χ1n) is 9.20. The molecular weight excluding hydrogens is 342 g/mol. The standard InChI is InChI=1S/C21H25N3O3/c1-16-6-5-9-19(14-16)27-15-20(25)22-18-10-12-24(13-11-18)21(26)23-17-7-3-2-4-8-17/h2-9,14,18H,10-13,15H2,1H3,(H,22,25)(H,23,26). The number of hydrogen-bond donors (Lipinski definition) is 2. The number of rotatable bonds is 5. The van der Waals surface area contributed by atoms with Crippen molar-refractivity contribution in [3.63, 3.8) is 0 Å². The van der Waals surface area contributed by atoms with Crippen LogP contribution in [0.1, 0.15) is 18.4 Å². The lowest BCUT2D eigenvalue weighted by atomic mass is 10.1. The number of carbonyl (C=O) groups excluding carboxylic acids is 2. The van der Waals surface area contributed by atoms with Crippen LogP contribution in [0.25, 0.3) is 0 Å². The number of ether oxygens (including phenoxy) is 1. The van der Waals surface area contributed by atoms with E-state index < -0.39 is 0 Å². The third kappa shape index (κ3) is 5.74. The van der Waals surface area contributed by atoms with E-state index in [0.717, 1.165) is 24.1 Å². The smallest absolute Gasteiger partial charge is 0.321 e. The molecule has 0 atom stereocenters. The van der Waals surface area contributed by atoms with Gasteiger partial charge in [0, 0.05) is 24.8 Å². The molecule has 3 amide bonds. The Kier molecular flexibility index (Phi) is 6.30. The molecule has 1 fully saturated rings. The molecule has 0 saturated carbocycles. The van der Waals surface area contributed by atoms with Crippen LogP contribution in [-0.2, 0) is 4.79 Å². The fourth-order valence-electron chi connectivity index (χ4n) is 3.07. The van der Waals surface area contributed by atoms with Crippen molar-refractivity contribution in [3.8, 4) is 5.75 Å². The molecule has 0 spiro atoms. The van der Waals surface area contributed by atoms with Crippen molar-refractivity contribution < 1.29 is 14.3 Å². The van der Waals surface area contributed by atoms with Crippen LogP contribution in [0.3, 0.4) is 0 Å². The van der Waals surface area contributed by atoms with E-state index in [1.807, 2.05) is 61.5 Å². The highest BCUT2D eigenvalue weighted by Crippen LogP contribution is 2.14. The first kappa shape index (κ1) is 18.8. The number of amides is 3. The van der Waals surface area contributed by atoms with Crippen LogP contribution in [0, 0.1) is 6.92 Å². The molecule has 0 aliphatic carbocycles. The average Bonchev–Trinajstić information content (AvgIpc) is 2.68.